The van der Waals surface area contributed by atoms with E-state index in [0.717, 1.165) is 16.7 Å². The number of halogens is 1. The molecule has 1 fully saturated rings. The van der Waals surface area contributed by atoms with Gasteiger partial charge in [-0.05, 0) is 28.8 Å². The molecule has 1 saturated heterocycles. The van der Waals surface area contributed by atoms with Gasteiger partial charge in [-0.2, -0.15) is 0 Å². The fourth-order valence-electron chi connectivity index (χ4n) is 5.98. The lowest BCUT2D eigenvalue weighted by Gasteiger charge is -2.37. The van der Waals surface area contributed by atoms with Gasteiger partial charge < -0.3 is 19.3 Å². The Hall–Kier alpha value is -4.93. The minimum atomic E-state index is -1.30. The minimum absolute atomic E-state index is 0.0542. The fraction of sp³-hybridized carbons (Fsp3) is 0.167. The molecule has 1 aliphatic heterocycles. The summed E-state index contributed by atoms with van der Waals surface area (Å²) in [5, 5.41) is 11.9. The average molecular weight is 633 g/mol. The van der Waals surface area contributed by atoms with Gasteiger partial charge in [-0.15, -0.1) is 0 Å². The largest absolute Gasteiger partial charge is 0.453 e. The zero-order valence-electron chi connectivity index (χ0n) is 24.5. The molecule has 0 spiro atoms. The van der Waals surface area contributed by atoms with Crippen LogP contribution < -0.4 is 0 Å². The van der Waals surface area contributed by atoms with E-state index >= 15 is 0 Å². The molecule has 0 bridgehead atoms. The summed E-state index contributed by atoms with van der Waals surface area (Å²) in [7, 11) is 0. The summed E-state index contributed by atoms with van der Waals surface area (Å²) in [6, 6.07) is 38.4. The third kappa shape index (κ3) is 5.44. The second-order valence-electron chi connectivity index (χ2n) is 10.9. The van der Waals surface area contributed by atoms with E-state index in [0.29, 0.717) is 16.7 Å². The van der Waals surface area contributed by atoms with E-state index in [4.69, 9.17) is 25.8 Å². The Kier molecular flexibility index (Phi) is 8.30. The van der Waals surface area contributed by atoms with Gasteiger partial charge in [0.1, 0.15) is 29.7 Å². The number of esters is 1. The Labute approximate surface area is 270 Å². The van der Waals surface area contributed by atoms with Crippen molar-refractivity contribution >= 4 is 28.7 Å². The van der Waals surface area contributed by atoms with Crippen molar-refractivity contribution in [1.82, 2.24) is 19.5 Å². The van der Waals surface area contributed by atoms with Crippen LogP contribution in [0.25, 0.3) is 11.2 Å². The number of ether oxygens (including phenoxy) is 3. The first-order valence-electron chi connectivity index (χ1n) is 14.8. The quantitative estimate of drug-likeness (QED) is 0.118. The van der Waals surface area contributed by atoms with Gasteiger partial charge >= 0.3 is 5.97 Å². The molecule has 7 rings (SSSR count). The van der Waals surface area contributed by atoms with E-state index in [1.54, 1.807) is 28.8 Å². The van der Waals surface area contributed by atoms with Crippen molar-refractivity contribution < 1.29 is 24.1 Å². The number of imidazole rings is 1. The van der Waals surface area contributed by atoms with Crippen LogP contribution in [0.15, 0.2) is 134 Å². The smallest absolute Gasteiger partial charge is 0.338 e. The van der Waals surface area contributed by atoms with Gasteiger partial charge in [0.05, 0.1) is 18.5 Å². The first kappa shape index (κ1) is 29.8. The molecule has 2 aromatic heterocycles. The highest BCUT2D eigenvalue weighted by molar-refractivity contribution is 6.33. The van der Waals surface area contributed by atoms with Crippen LogP contribution in [0.1, 0.15) is 33.3 Å². The predicted molar refractivity (Wildman–Crippen MR) is 171 cm³/mol. The maximum absolute atomic E-state index is 13.3. The molecule has 6 aromatic rings. The van der Waals surface area contributed by atoms with E-state index in [1.165, 1.54) is 12.7 Å². The monoisotopic (exact) mass is 632 g/mol. The molecule has 0 aliphatic carbocycles. The third-order valence-corrected chi connectivity index (χ3v) is 8.43. The summed E-state index contributed by atoms with van der Waals surface area (Å²) < 4.78 is 21.0. The number of carbonyl (C=O) groups is 1. The Morgan fingerprint density at radius 3 is 1.91 bits per heavy atom. The van der Waals surface area contributed by atoms with Crippen LogP contribution in [-0.2, 0) is 19.8 Å². The van der Waals surface area contributed by atoms with Crippen molar-refractivity contribution in [3.05, 3.63) is 161 Å². The molecule has 4 atom stereocenters. The number of rotatable bonds is 9. The highest BCUT2D eigenvalue weighted by Crippen LogP contribution is 2.42. The fourth-order valence-corrected chi connectivity index (χ4v) is 6.16. The lowest BCUT2D eigenvalue weighted by molar-refractivity contribution is -0.0960. The number of aliphatic hydroxyl groups excluding tert-OH is 1. The summed E-state index contributed by atoms with van der Waals surface area (Å²) in [5.41, 5.74) is 2.69. The summed E-state index contributed by atoms with van der Waals surface area (Å²) in [6.45, 7) is -0.0542. The minimum Gasteiger partial charge on any atom is -0.453 e. The second kappa shape index (κ2) is 12.8. The van der Waals surface area contributed by atoms with Crippen LogP contribution in [0.2, 0.25) is 5.15 Å². The number of nitrogens with zero attached hydrogens (tertiary/aromatic N) is 4. The second-order valence-corrected chi connectivity index (χ2v) is 11.2. The van der Waals surface area contributed by atoms with Gasteiger partial charge in [0, 0.05) is 0 Å². The zero-order valence-corrected chi connectivity index (χ0v) is 25.2. The van der Waals surface area contributed by atoms with Crippen molar-refractivity contribution in [3.8, 4) is 0 Å². The van der Waals surface area contributed by atoms with Gasteiger partial charge in [-0.1, -0.05) is 121 Å². The molecule has 10 heteroatoms. The van der Waals surface area contributed by atoms with E-state index in [2.05, 4.69) is 15.0 Å². The van der Waals surface area contributed by atoms with E-state index in [-0.39, 0.29) is 11.8 Å². The Balaban J connectivity index is 1.29. The number of carbonyl (C=O) groups excluding carboxylic acids is 1. The van der Waals surface area contributed by atoms with Gasteiger partial charge in [0.2, 0.25) is 0 Å². The van der Waals surface area contributed by atoms with E-state index < -0.39 is 36.1 Å². The molecule has 0 radical (unpaired) electrons. The van der Waals surface area contributed by atoms with Crippen LogP contribution in [-0.4, -0.2) is 55.5 Å². The first-order valence-corrected chi connectivity index (χ1v) is 15.2. The van der Waals surface area contributed by atoms with Crippen LogP contribution in [0, 0.1) is 0 Å². The topological polar surface area (TPSA) is 109 Å². The number of hydrogen-bond donors (Lipinski definition) is 1. The first-order chi connectivity index (χ1) is 22.6. The SMILES string of the molecule is O=C(O[C@H]1[C@@H](O)[C@H](n2cnc3c(Cl)ncnc32)O[C@H]1COC(c1ccccc1)(c1ccccc1)c1ccccc1)c1ccccc1. The van der Waals surface area contributed by atoms with Gasteiger partial charge in [-0.3, -0.25) is 4.57 Å². The predicted octanol–water partition coefficient (Wildman–Crippen LogP) is 5.97. The van der Waals surface area contributed by atoms with Crippen LogP contribution in [0.3, 0.4) is 0 Å². The third-order valence-electron chi connectivity index (χ3n) is 8.16. The van der Waals surface area contributed by atoms with Crippen molar-refractivity contribution in [3.63, 3.8) is 0 Å². The zero-order chi connectivity index (χ0) is 31.5. The average Bonchev–Trinajstić information content (AvgIpc) is 3.68. The van der Waals surface area contributed by atoms with E-state index in [1.807, 2.05) is 97.1 Å². The van der Waals surface area contributed by atoms with Crippen molar-refractivity contribution in [2.24, 2.45) is 0 Å². The summed E-state index contributed by atoms with van der Waals surface area (Å²) in [4.78, 5) is 26.0. The summed E-state index contributed by atoms with van der Waals surface area (Å²) in [6.07, 6.45) is -1.53. The van der Waals surface area contributed by atoms with Crippen molar-refractivity contribution in [2.75, 3.05) is 6.61 Å². The van der Waals surface area contributed by atoms with Gasteiger partial charge in [0.25, 0.3) is 0 Å². The molecule has 46 heavy (non-hydrogen) atoms. The van der Waals surface area contributed by atoms with Crippen LogP contribution in [0.5, 0.6) is 0 Å². The molecule has 0 unspecified atom stereocenters. The molecule has 3 heterocycles. The number of aromatic nitrogens is 4. The molecule has 1 N–H and O–H groups in total. The summed E-state index contributed by atoms with van der Waals surface area (Å²) in [5.74, 6) is -0.597. The summed E-state index contributed by atoms with van der Waals surface area (Å²) >= 11 is 6.26. The Bertz CT molecular complexity index is 1830. The normalized spacial score (nSPS) is 19.7. The lowest BCUT2D eigenvalue weighted by atomic mass is 9.80. The molecule has 4 aromatic carbocycles. The number of fused-ring (bicyclic) bond motifs is 1. The molecule has 230 valence electrons. The molecule has 9 nitrogen and oxygen atoms in total. The maximum Gasteiger partial charge on any atom is 0.338 e. The van der Waals surface area contributed by atoms with Crippen LogP contribution in [0.4, 0.5) is 0 Å². The number of benzene rings is 4. The highest BCUT2D eigenvalue weighted by atomic mass is 35.5. The highest BCUT2D eigenvalue weighted by Gasteiger charge is 2.49. The molecular formula is C36H29ClN4O5. The lowest BCUT2D eigenvalue weighted by Crippen LogP contribution is -2.41. The van der Waals surface area contributed by atoms with Crippen LogP contribution >= 0.6 is 11.6 Å². The van der Waals surface area contributed by atoms with Crippen molar-refractivity contribution in [1.29, 1.82) is 0 Å². The van der Waals surface area contributed by atoms with E-state index in [9.17, 15) is 9.90 Å². The Morgan fingerprint density at radius 1 is 0.804 bits per heavy atom. The number of hydrogen-bond acceptors (Lipinski definition) is 8. The maximum atomic E-state index is 13.3. The molecule has 0 saturated carbocycles. The molecule has 1 aliphatic rings. The molecular weight excluding hydrogens is 604 g/mol. The van der Waals surface area contributed by atoms with Crippen molar-refractivity contribution in [2.45, 2.75) is 30.1 Å². The molecule has 0 amide bonds. The van der Waals surface area contributed by atoms with Gasteiger partial charge in [0.15, 0.2) is 23.1 Å². The number of aliphatic hydroxyl groups is 1. The van der Waals surface area contributed by atoms with Gasteiger partial charge in [-0.25, -0.2) is 19.7 Å². The standard InChI is InChI=1S/C36H29ClN4O5/c37-32-29-33(39-22-38-32)41(23-40-29)34-30(42)31(46-35(43)24-13-5-1-6-14-24)28(45-34)21-44-36(25-15-7-2-8-16-25,26-17-9-3-10-18-26)27-19-11-4-12-20-27/h1-20,22-23,28,30-31,34,42H,21H2/t28-,30+,31+,34+/m0/s1. The Morgan fingerprint density at radius 2 is 1.35 bits per heavy atom.